The molecule has 5 nitrogen and oxygen atoms in total. The Bertz CT molecular complexity index is 485. The van der Waals surface area contributed by atoms with Gasteiger partial charge in [-0.05, 0) is 25.0 Å². The summed E-state index contributed by atoms with van der Waals surface area (Å²) in [4.78, 5) is 24.2. The summed E-state index contributed by atoms with van der Waals surface area (Å²) in [5.41, 5.74) is 0.574. The van der Waals surface area contributed by atoms with Gasteiger partial charge < -0.3 is 4.90 Å². The molecule has 0 radical (unpaired) electrons. The number of non-ortho nitro benzene ring substituents is 1. The zero-order chi connectivity index (χ0) is 12.7. The van der Waals surface area contributed by atoms with E-state index in [0.717, 1.165) is 12.8 Å². The minimum absolute atomic E-state index is 0.0156. The Kier molecular flexibility index (Phi) is 2.54. The minimum Gasteiger partial charge on any atom is -0.329 e. The van der Waals surface area contributed by atoms with Crippen LogP contribution in [0.3, 0.4) is 0 Å². The molecule has 1 amide bonds. The van der Waals surface area contributed by atoms with E-state index in [0.29, 0.717) is 17.6 Å². The lowest BCUT2D eigenvalue weighted by atomic mass is 10.0. The van der Waals surface area contributed by atoms with Gasteiger partial charge in [-0.15, -0.1) is 0 Å². The topological polar surface area (TPSA) is 63.2 Å². The molecule has 94 valence electrons. The number of hydrogen-bond donors (Lipinski definition) is 0. The number of amides is 1. The van der Waals surface area contributed by atoms with Crippen molar-refractivity contribution in [3.8, 4) is 0 Å². The van der Waals surface area contributed by atoms with Gasteiger partial charge in [-0.2, -0.15) is 0 Å². The summed E-state index contributed by atoms with van der Waals surface area (Å²) < 4.78 is 0. The van der Waals surface area contributed by atoms with Crippen molar-refractivity contribution < 1.29 is 9.72 Å². The second-order valence-electron chi connectivity index (χ2n) is 4.94. The lowest BCUT2D eigenvalue weighted by Crippen LogP contribution is -2.14. The fraction of sp³-hybridized carbons (Fsp3) is 0.462. The van der Waals surface area contributed by atoms with Gasteiger partial charge in [0.05, 0.1) is 17.0 Å². The van der Waals surface area contributed by atoms with Crippen LogP contribution >= 0.6 is 0 Å². The number of hydrogen-bond acceptors (Lipinski definition) is 3. The monoisotopic (exact) mass is 246 g/mol. The molecule has 1 aliphatic carbocycles. The molecule has 18 heavy (non-hydrogen) atoms. The Labute approximate surface area is 105 Å². The third kappa shape index (κ3) is 1.75. The maximum atomic E-state index is 12.2. The fourth-order valence-electron chi connectivity index (χ4n) is 2.88. The average Bonchev–Trinajstić information content (AvgIpc) is 3.12. The summed E-state index contributed by atoms with van der Waals surface area (Å²) in [6.07, 6.45) is 4.60. The molecule has 1 aromatic carbocycles. The van der Waals surface area contributed by atoms with Crippen molar-refractivity contribution in [2.75, 3.05) is 0 Å². The quantitative estimate of drug-likeness (QED) is 0.457. The van der Waals surface area contributed by atoms with Crippen molar-refractivity contribution in [1.29, 1.82) is 0 Å². The van der Waals surface area contributed by atoms with Gasteiger partial charge in [0.1, 0.15) is 0 Å². The van der Waals surface area contributed by atoms with E-state index in [-0.39, 0.29) is 11.6 Å². The SMILES string of the molecule is O=C(c1ccc([N+](=O)[O-])cc1)N1C2CCCCC21. The molecule has 5 heteroatoms. The maximum Gasteiger partial charge on any atom is 0.269 e. The molecule has 0 bridgehead atoms. The molecule has 0 N–H and O–H groups in total. The minimum atomic E-state index is -0.453. The van der Waals surface area contributed by atoms with Gasteiger partial charge in [0.2, 0.25) is 0 Å². The highest BCUT2D eigenvalue weighted by Gasteiger charge is 2.51. The van der Waals surface area contributed by atoms with Crippen LogP contribution in [0, 0.1) is 10.1 Å². The number of nitro benzene ring substituents is 1. The van der Waals surface area contributed by atoms with Crippen LogP contribution in [0.4, 0.5) is 5.69 Å². The Morgan fingerprint density at radius 3 is 2.22 bits per heavy atom. The van der Waals surface area contributed by atoms with Gasteiger partial charge in [-0.25, -0.2) is 0 Å². The Morgan fingerprint density at radius 2 is 1.72 bits per heavy atom. The number of rotatable bonds is 2. The Hall–Kier alpha value is -1.91. The van der Waals surface area contributed by atoms with Gasteiger partial charge in [-0.3, -0.25) is 14.9 Å². The molecule has 1 aliphatic heterocycles. The first-order valence-electron chi connectivity index (χ1n) is 6.25. The van der Waals surface area contributed by atoms with Gasteiger partial charge in [0.25, 0.3) is 11.6 Å². The first-order valence-corrected chi connectivity index (χ1v) is 6.25. The van der Waals surface area contributed by atoms with E-state index >= 15 is 0 Å². The molecule has 1 aromatic rings. The molecule has 2 unspecified atom stereocenters. The van der Waals surface area contributed by atoms with E-state index < -0.39 is 4.92 Å². The van der Waals surface area contributed by atoms with Gasteiger partial charge in [-0.1, -0.05) is 12.8 Å². The van der Waals surface area contributed by atoms with E-state index in [1.165, 1.54) is 25.0 Å². The number of benzene rings is 1. The predicted octanol–water partition coefficient (Wildman–Crippen LogP) is 2.36. The lowest BCUT2D eigenvalue weighted by molar-refractivity contribution is -0.384. The zero-order valence-electron chi connectivity index (χ0n) is 9.91. The molecule has 2 atom stereocenters. The van der Waals surface area contributed by atoms with E-state index in [2.05, 4.69) is 0 Å². The van der Waals surface area contributed by atoms with Crippen LogP contribution in [0.25, 0.3) is 0 Å². The standard InChI is InChI=1S/C13H14N2O3/c16-13(14-11-3-1-2-4-12(11)14)9-5-7-10(8-6-9)15(17)18/h5-8,11-12H,1-4H2. The van der Waals surface area contributed by atoms with Crippen LogP contribution < -0.4 is 0 Å². The van der Waals surface area contributed by atoms with Crippen LogP contribution in [0.2, 0.25) is 0 Å². The molecule has 1 heterocycles. The largest absolute Gasteiger partial charge is 0.329 e. The number of nitrogens with zero attached hydrogens (tertiary/aromatic N) is 2. The maximum absolute atomic E-state index is 12.2. The normalized spacial score (nSPS) is 25.4. The summed E-state index contributed by atoms with van der Waals surface area (Å²) in [5.74, 6) is 0.0156. The molecule has 3 rings (SSSR count). The van der Waals surface area contributed by atoms with E-state index in [4.69, 9.17) is 0 Å². The first kappa shape index (κ1) is 11.2. The summed E-state index contributed by atoms with van der Waals surface area (Å²) in [5, 5.41) is 10.5. The molecular weight excluding hydrogens is 232 g/mol. The van der Waals surface area contributed by atoms with Crippen LogP contribution in [0.15, 0.2) is 24.3 Å². The van der Waals surface area contributed by atoms with Crippen molar-refractivity contribution in [2.24, 2.45) is 0 Å². The van der Waals surface area contributed by atoms with Crippen molar-refractivity contribution in [3.63, 3.8) is 0 Å². The molecular formula is C13H14N2O3. The highest BCUT2D eigenvalue weighted by atomic mass is 16.6. The average molecular weight is 246 g/mol. The van der Waals surface area contributed by atoms with Crippen LogP contribution in [-0.2, 0) is 0 Å². The first-order chi connectivity index (χ1) is 8.68. The molecule has 1 saturated carbocycles. The van der Waals surface area contributed by atoms with Gasteiger partial charge >= 0.3 is 0 Å². The molecule has 0 aromatic heterocycles. The van der Waals surface area contributed by atoms with E-state index in [1.54, 1.807) is 12.1 Å². The second-order valence-corrected chi connectivity index (χ2v) is 4.94. The molecule has 1 saturated heterocycles. The number of fused-ring (bicyclic) bond motifs is 1. The Morgan fingerprint density at radius 1 is 1.17 bits per heavy atom. The smallest absolute Gasteiger partial charge is 0.269 e. The molecule has 0 spiro atoms. The molecule has 2 fully saturated rings. The third-order valence-electron chi connectivity index (χ3n) is 3.88. The predicted molar refractivity (Wildman–Crippen MR) is 65.3 cm³/mol. The van der Waals surface area contributed by atoms with Gasteiger partial charge in [0, 0.05) is 17.7 Å². The van der Waals surface area contributed by atoms with Crippen molar-refractivity contribution in [2.45, 2.75) is 37.8 Å². The van der Waals surface area contributed by atoms with E-state index in [1.807, 2.05) is 4.90 Å². The van der Waals surface area contributed by atoms with E-state index in [9.17, 15) is 14.9 Å². The second kappa shape index (κ2) is 4.08. The number of likely N-dealkylation sites (tertiary alicyclic amines) is 1. The third-order valence-corrected chi connectivity index (χ3v) is 3.88. The van der Waals surface area contributed by atoms with Crippen molar-refractivity contribution in [1.82, 2.24) is 4.90 Å². The summed E-state index contributed by atoms with van der Waals surface area (Å²) in [7, 11) is 0. The van der Waals surface area contributed by atoms with Crippen LogP contribution in [0.1, 0.15) is 36.0 Å². The van der Waals surface area contributed by atoms with Crippen molar-refractivity contribution in [3.05, 3.63) is 39.9 Å². The summed E-state index contributed by atoms with van der Waals surface area (Å²) >= 11 is 0. The highest BCUT2D eigenvalue weighted by molar-refractivity contribution is 5.96. The van der Waals surface area contributed by atoms with Crippen molar-refractivity contribution >= 4 is 11.6 Å². The fourth-order valence-corrected chi connectivity index (χ4v) is 2.88. The number of carbonyl (C=O) groups is 1. The van der Waals surface area contributed by atoms with Gasteiger partial charge in [0.15, 0.2) is 0 Å². The summed E-state index contributed by atoms with van der Waals surface area (Å²) in [6, 6.07) is 6.71. The lowest BCUT2D eigenvalue weighted by Gasteiger charge is -2.03. The highest BCUT2D eigenvalue weighted by Crippen LogP contribution is 2.41. The Balaban J connectivity index is 1.75. The summed E-state index contributed by atoms with van der Waals surface area (Å²) in [6.45, 7) is 0. The number of carbonyl (C=O) groups excluding carboxylic acids is 1. The zero-order valence-corrected chi connectivity index (χ0v) is 9.91. The molecule has 2 aliphatic rings. The number of nitro groups is 1. The van der Waals surface area contributed by atoms with Crippen LogP contribution in [-0.4, -0.2) is 27.8 Å². The van der Waals surface area contributed by atoms with Crippen LogP contribution in [0.5, 0.6) is 0 Å².